The molecule has 1 amide bonds. The van der Waals surface area contributed by atoms with E-state index in [0.717, 1.165) is 10.0 Å². The largest absolute Gasteiger partial charge is 0.352 e. The van der Waals surface area contributed by atoms with E-state index in [0.29, 0.717) is 18.0 Å². The number of hydrogen-bond donors (Lipinski definition) is 1. The van der Waals surface area contributed by atoms with E-state index in [1.54, 1.807) is 12.4 Å². The molecule has 0 aliphatic rings. The third kappa shape index (κ3) is 3.30. The van der Waals surface area contributed by atoms with Gasteiger partial charge < -0.3 is 5.32 Å². The Morgan fingerprint density at radius 1 is 1.53 bits per heavy atom. The first-order chi connectivity index (χ1) is 7.02. The van der Waals surface area contributed by atoms with Gasteiger partial charge in [-0.05, 0) is 34.3 Å². The lowest BCUT2D eigenvalue weighted by molar-refractivity contribution is 0.0948. The molecule has 4 heteroatoms. The van der Waals surface area contributed by atoms with Gasteiger partial charge in [0.15, 0.2) is 0 Å². The smallest absolute Gasteiger partial charge is 0.253 e. The highest BCUT2D eigenvalue weighted by molar-refractivity contribution is 9.10. The summed E-state index contributed by atoms with van der Waals surface area (Å²) in [7, 11) is 0. The molecule has 0 unspecified atom stereocenters. The van der Waals surface area contributed by atoms with Gasteiger partial charge in [-0.3, -0.25) is 9.78 Å². The van der Waals surface area contributed by atoms with Crippen LogP contribution in [0.2, 0.25) is 0 Å². The second kappa shape index (κ2) is 5.26. The molecule has 3 nitrogen and oxygen atoms in total. The molecule has 0 bridgehead atoms. The van der Waals surface area contributed by atoms with Gasteiger partial charge in [-0.15, -0.1) is 0 Å². The molecule has 1 N–H and O–H groups in total. The first kappa shape index (κ1) is 12.2. The van der Waals surface area contributed by atoms with Crippen LogP contribution in [0.15, 0.2) is 16.9 Å². The maximum Gasteiger partial charge on any atom is 0.253 e. The number of halogens is 1. The minimum Gasteiger partial charge on any atom is -0.352 e. The van der Waals surface area contributed by atoms with E-state index >= 15 is 0 Å². The Balaban J connectivity index is 2.78. The molecule has 0 atom stereocenters. The Labute approximate surface area is 98.4 Å². The summed E-state index contributed by atoms with van der Waals surface area (Å²) in [4.78, 5) is 15.7. The average Bonchev–Trinajstić information content (AvgIpc) is 2.18. The van der Waals surface area contributed by atoms with E-state index in [1.807, 2.05) is 6.92 Å². The van der Waals surface area contributed by atoms with Gasteiger partial charge in [0.25, 0.3) is 5.91 Å². The molecule has 0 saturated heterocycles. The molecular weight excluding hydrogens is 256 g/mol. The summed E-state index contributed by atoms with van der Waals surface area (Å²) in [6.45, 7) is 6.71. The molecule has 1 aromatic rings. The quantitative estimate of drug-likeness (QED) is 0.917. The second-order valence-corrected chi connectivity index (χ2v) is 4.75. The molecule has 82 valence electrons. The zero-order valence-corrected chi connectivity index (χ0v) is 10.8. The van der Waals surface area contributed by atoms with Crippen molar-refractivity contribution in [1.82, 2.24) is 10.3 Å². The van der Waals surface area contributed by atoms with Gasteiger partial charge in [0, 0.05) is 23.4 Å². The number of hydrogen-bond acceptors (Lipinski definition) is 2. The topological polar surface area (TPSA) is 42.0 Å². The molecule has 1 aromatic heterocycles. The van der Waals surface area contributed by atoms with Gasteiger partial charge in [0.05, 0.1) is 5.56 Å². The van der Waals surface area contributed by atoms with E-state index in [9.17, 15) is 4.79 Å². The Morgan fingerprint density at radius 3 is 2.80 bits per heavy atom. The van der Waals surface area contributed by atoms with Gasteiger partial charge in [-0.2, -0.15) is 0 Å². The molecular formula is C11H15BrN2O. The van der Waals surface area contributed by atoms with E-state index < -0.39 is 0 Å². The SMILES string of the molecule is Cc1c(Br)cncc1C(=O)NCC(C)C. The Kier molecular flexibility index (Phi) is 4.27. The third-order valence-electron chi connectivity index (χ3n) is 2.07. The van der Waals surface area contributed by atoms with Crippen molar-refractivity contribution < 1.29 is 4.79 Å². The maximum absolute atomic E-state index is 11.8. The van der Waals surface area contributed by atoms with Gasteiger partial charge in [0.2, 0.25) is 0 Å². The van der Waals surface area contributed by atoms with Crippen LogP contribution >= 0.6 is 15.9 Å². The van der Waals surface area contributed by atoms with Gasteiger partial charge in [0.1, 0.15) is 0 Å². The molecule has 1 heterocycles. The number of amides is 1. The van der Waals surface area contributed by atoms with Crippen molar-refractivity contribution in [2.45, 2.75) is 20.8 Å². The van der Waals surface area contributed by atoms with Crippen molar-refractivity contribution in [3.8, 4) is 0 Å². The van der Waals surface area contributed by atoms with Crippen molar-refractivity contribution in [2.75, 3.05) is 6.54 Å². The highest BCUT2D eigenvalue weighted by atomic mass is 79.9. The lowest BCUT2D eigenvalue weighted by Crippen LogP contribution is -2.28. The molecule has 0 aliphatic carbocycles. The Hall–Kier alpha value is -0.900. The number of pyridine rings is 1. The van der Waals surface area contributed by atoms with Crippen LogP contribution in [-0.2, 0) is 0 Å². The molecule has 15 heavy (non-hydrogen) atoms. The summed E-state index contributed by atoms with van der Waals surface area (Å²) in [6.07, 6.45) is 3.28. The minimum atomic E-state index is -0.0602. The Bertz CT molecular complexity index is 364. The fourth-order valence-electron chi connectivity index (χ4n) is 1.12. The zero-order chi connectivity index (χ0) is 11.4. The fourth-order valence-corrected chi connectivity index (χ4v) is 1.45. The summed E-state index contributed by atoms with van der Waals surface area (Å²) in [5, 5.41) is 2.87. The van der Waals surface area contributed by atoms with Gasteiger partial charge in [-0.25, -0.2) is 0 Å². The molecule has 0 aliphatic heterocycles. The van der Waals surface area contributed by atoms with Gasteiger partial charge in [-0.1, -0.05) is 13.8 Å². The highest BCUT2D eigenvalue weighted by Crippen LogP contribution is 2.17. The van der Waals surface area contributed by atoms with E-state index in [2.05, 4.69) is 40.1 Å². The molecule has 0 spiro atoms. The van der Waals surface area contributed by atoms with Crippen molar-refractivity contribution in [2.24, 2.45) is 5.92 Å². The predicted molar refractivity (Wildman–Crippen MR) is 63.8 cm³/mol. The fraction of sp³-hybridized carbons (Fsp3) is 0.455. The number of carbonyl (C=O) groups is 1. The van der Waals surface area contributed by atoms with Crippen LogP contribution in [0.25, 0.3) is 0 Å². The number of nitrogens with one attached hydrogen (secondary N) is 1. The summed E-state index contributed by atoms with van der Waals surface area (Å²) in [5.74, 6) is 0.393. The first-order valence-electron chi connectivity index (χ1n) is 4.90. The van der Waals surface area contributed by atoms with Crippen LogP contribution in [0, 0.1) is 12.8 Å². The van der Waals surface area contributed by atoms with Crippen molar-refractivity contribution in [3.63, 3.8) is 0 Å². The average molecular weight is 271 g/mol. The van der Waals surface area contributed by atoms with E-state index in [1.165, 1.54) is 0 Å². The van der Waals surface area contributed by atoms with E-state index in [-0.39, 0.29) is 5.91 Å². The number of rotatable bonds is 3. The lowest BCUT2D eigenvalue weighted by atomic mass is 10.1. The Morgan fingerprint density at radius 2 is 2.20 bits per heavy atom. The molecule has 0 radical (unpaired) electrons. The van der Waals surface area contributed by atoms with E-state index in [4.69, 9.17) is 0 Å². The number of carbonyl (C=O) groups excluding carboxylic acids is 1. The predicted octanol–water partition coefficient (Wildman–Crippen LogP) is 2.54. The van der Waals surface area contributed by atoms with Gasteiger partial charge >= 0.3 is 0 Å². The highest BCUT2D eigenvalue weighted by Gasteiger charge is 2.11. The normalized spacial score (nSPS) is 10.5. The summed E-state index contributed by atoms with van der Waals surface area (Å²) >= 11 is 3.35. The van der Waals surface area contributed by atoms with Crippen molar-refractivity contribution in [1.29, 1.82) is 0 Å². The third-order valence-corrected chi connectivity index (χ3v) is 2.87. The van der Waals surface area contributed by atoms with Crippen LogP contribution in [0.5, 0.6) is 0 Å². The minimum absolute atomic E-state index is 0.0602. The first-order valence-corrected chi connectivity index (χ1v) is 5.70. The summed E-state index contributed by atoms with van der Waals surface area (Å²) < 4.78 is 0.861. The maximum atomic E-state index is 11.8. The van der Waals surface area contributed by atoms with Crippen LogP contribution in [0.1, 0.15) is 29.8 Å². The summed E-state index contributed by atoms with van der Waals surface area (Å²) in [5.41, 5.74) is 1.55. The molecule has 0 aromatic carbocycles. The number of aromatic nitrogens is 1. The molecule has 0 fully saturated rings. The monoisotopic (exact) mass is 270 g/mol. The standard InChI is InChI=1S/C11H15BrN2O/c1-7(2)4-14-11(15)9-5-13-6-10(12)8(9)3/h5-7H,4H2,1-3H3,(H,14,15). The van der Waals surface area contributed by atoms with Crippen LogP contribution in [0.3, 0.4) is 0 Å². The zero-order valence-electron chi connectivity index (χ0n) is 9.17. The number of nitrogens with zero attached hydrogens (tertiary/aromatic N) is 1. The molecule has 1 rings (SSSR count). The lowest BCUT2D eigenvalue weighted by Gasteiger charge is -2.09. The summed E-state index contributed by atoms with van der Waals surface area (Å²) in [6, 6.07) is 0. The van der Waals surface area contributed by atoms with Crippen LogP contribution in [0.4, 0.5) is 0 Å². The molecule has 0 saturated carbocycles. The van der Waals surface area contributed by atoms with Crippen molar-refractivity contribution in [3.05, 3.63) is 28.0 Å². The van der Waals surface area contributed by atoms with Crippen LogP contribution in [-0.4, -0.2) is 17.4 Å². The second-order valence-electron chi connectivity index (χ2n) is 3.90. The van der Waals surface area contributed by atoms with Crippen molar-refractivity contribution >= 4 is 21.8 Å². The van der Waals surface area contributed by atoms with Crippen LogP contribution < -0.4 is 5.32 Å².